The molecule has 0 saturated heterocycles. The van der Waals surface area contributed by atoms with E-state index in [1.807, 2.05) is 0 Å². The van der Waals surface area contributed by atoms with E-state index in [0.717, 1.165) is 44.9 Å². The predicted octanol–water partition coefficient (Wildman–Crippen LogP) is 14.1. The van der Waals surface area contributed by atoms with Gasteiger partial charge in [0.25, 0.3) is 0 Å². The Bertz CT molecular complexity index is 637. The Balaban J connectivity index is 3.36. The van der Waals surface area contributed by atoms with Crippen LogP contribution < -0.4 is 0 Å². The SMILES string of the molecule is CCCCCCCCCCCCCCCCC(O)C(=O)OCCCCCCCCCCCCCCCCCC(O)(CC)CCCCCC. The first-order valence-corrected chi connectivity index (χ1v) is 22.1. The van der Waals surface area contributed by atoms with Crippen molar-refractivity contribution in [3.05, 3.63) is 0 Å². The van der Waals surface area contributed by atoms with E-state index >= 15 is 0 Å². The summed E-state index contributed by atoms with van der Waals surface area (Å²) >= 11 is 0. The summed E-state index contributed by atoms with van der Waals surface area (Å²) in [6.45, 7) is 7.13. The molecule has 0 rings (SSSR count). The smallest absolute Gasteiger partial charge is 0.334 e. The standard InChI is InChI=1S/C44H88O4/c1-4-7-9-11-12-13-14-15-19-22-25-28-31-34-38-42(45)43(46)48-41-37-33-30-27-24-21-18-16-17-20-23-26-29-32-36-40-44(47,6-3)39-35-10-8-5-2/h42,45,47H,4-41H2,1-3H3. The van der Waals surface area contributed by atoms with Crippen molar-refractivity contribution in [2.24, 2.45) is 0 Å². The Hall–Kier alpha value is -0.610. The van der Waals surface area contributed by atoms with E-state index in [4.69, 9.17) is 4.74 Å². The van der Waals surface area contributed by atoms with E-state index < -0.39 is 17.7 Å². The monoisotopic (exact) mass is 681 g/mol. The Morgan fingerprint density at radius 1 is 0.458 bits per heavy atom. The van der Waals surface area contributed by atoms with Gasteiger partial charge >= 0.3 is 5.97 Å². The normalized spacial score (nSPS) is 13.5. The van der Waals surface area contributed by atoms with Crippen LogP contribution in [-0.4, -0.2) is 34.5 Å². The van der Waals surface area contributed by atoms with Gasteiger partial charge in [-0.3, -0.25) is 0 Å². The molecular formula is C44H88O4. The molecule has 4 nitrogen and oxygen atoms in total. The van der Waals surface area contributed by atoms with Crippen molar-refractivity contribution in [2.75, 3.05) is 6.61 Å². The number of aliphatic hydroxyl groups excluding tert-OH is 1. The first kappa shape index (κ1) is 47.4. The van der Waals surface area contributed by atoms with Gasteiger partial charge in [0.1, 0.15) is 0 Å². The highest BCUT2D eigenvalue weighted by molar-refractivity contribution is 5.74. The molecule has 0 aliphatic heterocycles. The number of hydrogen-bond donors (Lipinski definition) is 2. The van der Waals surface area contributed by atoms with Gasteiger partial charge in [-0.1, -0.05) is 226 Å². The molecule has 0 saturated carbocycles. The van der Waals surface area contributed by atoms with Gasteiger partial charge in [0.05, 0.1) is 12.2 Å². The van der Waals surface area contributed by atoms with Crippen LogP contribution in [-0.2, 0) is 9.53 Å². The van der Waals surface area contributed by atoms with Crippen molar-refractivity contribution in [1.29, 1.82) is 0 Å². The zero-order valence-electron chi connectivity index (χ0n) is 33.2. The van der Waals surface area contributed by atoms with Crippen molar-refractivity contribution >= 4 is 5.97 Å². The summed E-state index contributed by atoms with van der Waals surface area (Å²) in [5.74, 6) is -0.419. The van der Waals surface area contributed by atoms with Gasteiger partial charge in [0.2, 0.25) is 0 Å². The minimum atomic E-state index is -0.939. The van der Waals surface area contributed by atoms with Gasteiger partial charge in [-0.15, -0.1) is 0 Å². The van der Waals surface area contributed by atoms with Crippen LogP contribution in [0, 0.1) is 0 Å². The molecule has 0 bridgehead atoms. The van der Waals surface area contributed by atoms with E-state index in [1.54, 1.807) is 0 Å². The van der Waals surface area contributed by atoms with Gasteiger partial charge in [-0.25, -0.2) is 4.79 Å². The van der Waals surface area contributed by atoms with E-state index in [-0.39, 0.29) is 0 Å². The predicted molar refractivity (Wildman–Crippen MR) is 210 cm³/mol. The number of rotatable bonds is 40. The number of carbonyl (C=O) groups excluding carboxylic acids is 1. The molecule has 0 aliphatic rings. The average Bonchev–Trinajstić information content (AvgIpc) is 3.09. The molecule has 2 N–H and O–H groups in total. The highest BCUT2D eigenvalue weighted by Gasteiger charge is 2.23. The number of aliphatic hydroxyl groups is 2. The summed E-state index contributed by atoms with van der Waals surface area (Å²) in [5, 5.41) is 21.0. The maximum atomic E-state index is 12.1. The lowest BCUT2D eigenvalue weighted by molar-refractivity contribution is -0.154. The Morgan fingerprint density at radius 3 is 1.10 bits per heavy atom. The van der Waals surface area contributed by atoms with Gasteiger partial charge in [-0.2, -0.15) is 0 Å². The fourth-order valence-corrected chi connectivity index (χ4v) is 7.13. The maximum absolute atomic E-state index is 12.1. The van der Waals surface area contributed by atoms with Gasteiger partial charge in [0, 0.05) is 0 Å². The fraction of sp³-hybridized carbons (Fsp3) is 0.977. The zero-order valence-corrected chi connectivity index (χ0v) is 33.2. The summed E-state index contributed by atoms with van der Waals surface area (Å²) < 4.78 is 5.33. The lowest BCUT2D eigenvalue weighted by Gasteiger charge is -2.27. The molecule has 0 aromatic carbocycles. The van der Waals surface area contributed by atoms with Crippen molar-refractivity contribution in [3.63, 3.8) is 0 Å². The Labute approximate surface area is 301 Å². The van der Waals surface area contributed by atoms with E-state index in [9.17, 15) is 15.0 Å². The summed E-state index contributed by atoms with van der Waals surface area (Å²) in [6, 6.07) is 0. The second-order valence-corrected chi connectivity index (χ2v) is 15.5. The summed E-state index contributed by atoms with van der Waals surface area (Å²) in [5.41, 5.74) is -0.405. The molecule has 0 aromatic heterocycles. The molecule has 2 atom stereocenters. The third-order valence-corrected chi connectivity index (χ3v) is 10.8. The molecule has 0 fully saturated rings. The molecule has 48 heavy (non-hydrogen) atoms. The van der Waals surface area contributed by atoms with Gasteiger partial charge < -0.3 is 14.9 Å². The minimum absolute atomic E-state index is 0.405. The second kappa shape index (κ2) is 37.6. The molecule has 2 unspecified atom stereocenters. The van der Waals surface area contributed by atoms with Crippen LogP contribution in [0.5, 0.6) is 0 Å². The largest absolute Gasteiger partial charge is 0.464 e. The highest BCUT2D eigenvalue weighted by Crippen LogP contribution is 2.26. The third kappa shape index (κ3) is 33.9. The van der Waals surface area contributed by atoms with E-state index in [0.29, 0.717) is 13.0 Å². The van der Waals surface area contributed by atoms with Crippen LogP contribution in [0.3, 0.4) is 0 Å². The number of esters is 1. The average molecular weight is 681 g/mol. The Morgan fingerprint density at radius 2 is 0.750 bits per heavy atom. The number of hydrogen-bond acceptors (Lipinski definition) is 4. The van der Waals surface area contributed by atoms with E-state index in [1.165, 1.54) is 186 Å². The second-order valence-electron chi connectivity index (χ2n) is 15.5. The topological polar surface area (TPSA) is 66.8 Å². The molecule has 0 aliphatic carbocycles. The number of ether oxygens (including phenoxy) is 1. The summed E-state index contributed by atoms with van der Waals surface area (Å²) in [7, 11) is 0. The maximum Gasteiger partial charge on any atom is 0.334 e. The number of carbonyl (C=O) groups is 1. The van der Waals surface area contributed by atoms with Crippen molar-refractivity contribution < 1.29 is 19.7 Å². The zero-order chi connectivity index (χ0) is 35.2. The molecule has 288 valence electrons. The van der Waals surface area contributed by atoms with Crippen LogP contribution in [0.4, 0.5) is 0 Å². The minimum Gasteiger partial charge on any atom is -0.464 e. The van der Waals surface area contributed by atoms with Crippen LogP contribution in [0.15, 0.2) is 0 Å². The van der Waals surface area contributed by atoms with Crippen LogP contribution in [0.25, 0.3) is 0 Å². The van der Waals surface area contributed by atoms with E-state index in [2.05, 4.69) is 20.8 Å². The Kier molecular flexibility index (Phi) is 37.2. The molecule has 0 aromatic rings. The molecule has 0 heterocycles. The lowest BCUT2D eigenvalue weighted by Crippen LogP contribution is -2.27. The molecular weight excluding hydrogens is 592 g/mol. The van der Waals surface area contributed by atoms with Crippen molar-refractivity contribution in [3.8, 4) is 0 Å². The summed E-state index contributed by atoms with van der Waals surface area (Å²) in [4.78, 5) is 12.1. The van der Waals surface area contributed by atoms with Gasteiger partial charge in [-0.05, 0) is 32.1 Å². The lowest BCUT2D eigenvalue weighted by atomic mass is 9.87. The van der Waals surface area contributed by atoms with Crippen molar-refractivity contribution in [2.45, 2.75) is 270 Å². The highest BCUT2D eigenvalue weighted by atomic mass is 16.5. The molecule has 0 radical (unpaired) electrons. The number of unbranched alkanes of at least 4 members (excludes halogenated alkanes) is 30. The fourth-order valence-electron chi connectivity index (χ4n) is 7.13. The van der Waals surface area contributed by atoms with Crippen LogP contribution >= 0.6 is 0 Å². The molecule has 0 amide bonds. The molecule has 4 heteroatoms. The van der Waals surface area contributed by atoms with Crippen molar-refractivity contribution in [1.82, 2.24) is 0 Å². The third-order valence-electron chi connectivity index (χ3n) is 10.8. The first-order valence-electron chi connectivity index (χ1n) is 22.1. The van der Waals surface area contributed by atoms with Crippen LogP contribution in [0.1, 0.15) is 258 Å². The van der Waals surface area contributed by atoms with Crippen LogP contribution in [0.2, 0.25) is 0 Å². The molecule has 0 spiro atoms. The van der Waals surface area contributed by atoms with Gasteiger partial charge in [0.15, 0.2) is 6.10 Å². The summed E-state index contributed by atoms with van der Waals surface area (Å²) in [6.07, 6.45) is 45.1. The first-order chi connectivity index (χ1) is 23.5. The quantitative estimate of drug-likeness (QED) is 0.0499.